The van der Waals surface area contributed by atoms with Crippen LogP contribution in [0.3, 0.4) is 0 Å². The minimum Gasteiger partial charge on any atom is -0.372 e. The van der Waals surface area contributed by atoms with Gasteiger partial charge in [-0.25, -0.2) is 8.42 Å². The first-order valence-corrected chi connectivity index (χ1v) is 12.3. The molecule has 9 heteroatoms. The first-order chi connectivity index (χ1) is 11.4. The fraction of sp³-hybridized carbons (Fsp3) is 1.00. The molecule has 0 amide bonds. The first-order valence-electron chi connectivity index (χ1n) is 8.82. The average Bonchev–Trinajstić information content (AvgIpc) is 2.80. The SMILES string of the molecule is CCOC1(OC(CC)[Si](OCC)(OCC)OCC)CCCS1(=O)=O. The molecule has 1 fully saturated rings. The van der Waals surface area contributed by atoms with Crippen molar-refractivity contribution in [3.8, 4) is 0 Å². The summed E-state index contributed by atoms with van der Waals surface area (Å²) < 4.78 is 54.5. The van der Waals surface area contributed by atoms with Crippen molar-refractivity contribution in [2.24, 2.45) is 0 Å². The number of sulfone groups is 1. The zero-order valence-electron chi connectivity index (χ0n) is 15.5. The van der Waals surface area contributed by atoms with Crippen molar-refractivity contribution in [2.75, 3.05) is 32.2 Å². The summed E-state index contributed by atoms with van der Waals surface area (Å²) in [6.07, 6.45) is 1.34. The molecular weight excluding hydrogens is 352 g/mol. The highest BCUT2D eigenvalue weighted by molar-refractivity contribution is 7.92. The fourth-order valence-corrected chi connectivity index (χ4v) is 7.75. The second kappa shape index (κ2) is 9.61. The van der Waals surface area contributed by atoms with Crippen LogP contribution in [0.4, 0.5) is 0 Å². The molecule has 1 rings (SSSR count). The maximum Gasteiger partial charge on any atom is 0.531 e. The summed E-state index contributed by atoms with van der Waals surface area (Å²) in [6.45, 7) is 10.7. The number of ether oxygens (including phenoxy) is 2. The van der Waals surface area contributed by atoms with E-state index in [1.807, 2.05) is 27.7 Å². The summed E-state index contributed by atoms with van der Waals surface area (Å²) in [4.78, 5) is 0. The van der Waals surface area contributed by atoms with Gasteiger partial charge in [-0.3, -0.25) is 0 Å². The number of hydrogen-bond acceptors (Lipinski definition) is 7. The molecule has 24 heavy (non-hydrogen) atoms. The van der Waals surface area contributed by atoms with Crippen molar-refractivity contribution < 1.29 is 31.2 Å². The molecule has 7 nitrogen and oxygen atoms in total. The van der Waals surface area contributed by atoms with Crippen LogP contribution in [0.25, 0.3) is 0 Å². The molecule has 144 valence electrons. The lowest BCUT2D eigenvalue weighted by molar-refractivity contribution is -0.198. The number of hydrogen-bond donors (Lipinski definition) is 0. The van der Waals surface area contributed by atoms with Gasteiger partial charge in [0.15, 0.2) is 0 Å². The zero-order chi connectivity index (χ0) is 18.3. The lowest BCUT2D eigenvalue weighted by Crippen LogP contribution is -2.60. The van der Waals surface area contributed by atoms with Crippen LogP contribution < -0.4 is 0 Å². The van der Waals surface area contributed by atoms with Gasteiger partial charge in [-0.15, -0.1) is 0 Å². The van der Waals surface area contributed by atoms with Crippen LogP contribution >= 0.6 is 0 Å². The van der Waals surface area contributed by atoms with Gasteiger partial charge in [-0.05, 0) is 40.5 Å². The lowest BCUT2D eigenvalue weighted by atomic mass is 10.3. The molecule has 0 radical (unpaired) electrons. The van der Waals surface area contributed by atoms with Crippen LogP contribution in [0, 0.1) is 0 Å². The molecule has 0 aromatic carbocycles. The van der Waals surface area contributed by atoms with Gasteiger partial charge in [0.2, 0.25) is 9.84 Å². The predicted octanol–water partition coefficient (Wildman–Crippen LogP) is 2.27. The molecule has 1 heterocycles. The van der Waals surface area contributed by atoms with Crippen molar-refractivity contribution in [2.45, 2.75) is 64.7 Å². The lowest BCUT2D eigenvalue weighted by Gasteiger charge is -2.39. The van der Waals surface area contributed by atoms with E-state index in [2.05, 4.69) is 0 Å². The summed E-state index contributed by atoms with van der Waals surface area (Å²) >= 11 is 0. The molecule has 0 aliphatic carbocycles. The summed E-state index contributed by atoms with van der Waals surface area (Å²) in [6, 6.07) is 0. The summed E-state index contributed by atoms with van der Waals surface area (Å²) in [5.41, 5.74) is -0.600. The van der Waals surface area contributed by atoms with E-state index in [0.29, 0.717) is 39.1 Å². The van der Waals surface area contributed by atoms with Gasteiger partial charge in [0.05, 0.1) is 5.75 Å². The molecule has 0 aromatic heterocycles. The monoisotopic (exact) mass is 384 g/mol. The Morgan fingerprint density at radius 1 is 0.958 bits per heavy atom. The summed E-state index contributed by atoms with van der Waals surface area (Å²) in [7, 11) is -6.71. The van der Waals surface area contributed by atoms with Crippen molar-refractivity contribution in [3.05, 3.63) is 0 Å². The Labute approximate surface area is 147 Å². The van der Waals surface area contributed by atoms with Crippen molar-refractivity contribution >= 4 is 18.6 Å². The summed E-state index contributed by atoms with van der Waals surface area (Å²) in [5.74, 6) is 0.0654. The maximum atomic E-state index is 12.6. The van der Waals surface area contributed by atoms with E-state index in [-0.39, 0.29) is 12.4 Å². The van der Waals surface area contributed by atoms with Crippen LogP contribution in [0.1, 0.15) is 53.9 Å². The minimum atomic E-state index is -3.51. The molecule has 0 saturated carbocycles. The highest BCUT2D eigenvalue weighted by Gasteiger charge is 2.58. The molecule has 2 atom stereocenters. The average molecular weight is 385 g/mol. The molecule has 1 aliphatic heterocycles. The molecule has 0 N–H and O–H groups in total. The van der Waals surface area contributed by atoms with E-state index in [1.54, 1.807) is 6.92 Å². The highest BCUT2D eigenvalue weighted by Crippen LogP contribution is 2.38. The van der Waals surface area contributed by atoms with E-state index < -0.39 is 29.5 Å². The Bertz CT molecular complexity index is 453. The van der Waals surface area contributed by atoms with Gasteiger partial charge in [-0.1, -0.05) is 6.92 Å². The second-order valence-corrected chi connectivity index (χ2v) is 10.4. The van der Waals surface area contributed by atoms with Crippen LogP contribution in [0.2, 0.25) is 0 Å². The highest BCUT2D eigenvalue weighted by atomic mass is 32.2. The molecular formula is C15H32O7SSi. The van der Waals surface area contributed by atoms with Crippen LogP contribution in [0.15, 0.2) is 0 Å². The summed E-state index contributed by atoms with van der Waals surface area (Å²) in [5, 5.41) is -1.62. The third-order valence-corrected chi connectivity index (χ3v) is 9.44. The normalized spacial score (nSPS) is 25.0. The van der Waals surface area contributed by atoms with Gasteiger partial charge >= 0.3 is 8.80 Å². The van der Waals surface area contributed by atoms with Gasteiger partial charge in [0.25, 0.3) is 5.12 Å². The Hall–Kier alpha value is -0.0331. The third kappa shape index (κ3) is 4.57. The topological polar surface area (TPSA) is 80.3 Å². The van der Waals surface area contributed by atoms with Crippen LogP contribution in [-0.2, 0) is 32.6 Å². The van der Waals surface area contributed by atoms with Crippen molar-refractivity contribution in [3.63, 3.8) is 0 Å². The van der Waals surface area contributed by atoms with E-state index in [4.69, 9.17) is 22.8 Å². The Morgan fingerprint density at radius 3 is 1.83 bits per heavy atom. The Balaban J connectivity index is 3.19. The molecule has 2 unspecified atom stereocenters. The largest absolute Gasteiger partial charge is 0.531 e. The molecule has 0 spiro atoms. The second-order valence-electron chi connectivity index (χ2n) is 5.46. The zero-order valence-corrected chi connectivity index (χ0v) is 17.3. The smallest absolute Gasteiger partial charge is 0.372 e. The molecule has 1 saturated heterocycles. The van der Waals surface area contributed by atoms with E-state index >= 15 is 0 Å². The maximum absolute atomic E-state index is 12.6. The van der Waals surface area contributed by atoms with Gasteiger partial charge < -0.3 is 22.8 Å². The molecule has 1 aliphatic rings. The Morgan fingerprint density at radius 2 is 1.50 bits per heavy atom. The van der Waals surface area contributed by atoms with E-state index in [0.717, 1.165) is 0 Å². The quantitative estimate of drug-likeness (QED) is 0.377. The predicted molar refractivity (Wildman–Crippen MR) is 93.2 cm³/mol. The van der Waals surface area contributed by atoms with E-state index in [9.17, 15) is 8.42 Å². The fourth-order valence-electron chi connectivity index (χ4n) is 2.97. The standard InChI is InChI=1S/C15H32O7SSi/c1-6-14(24(19-8-3,20-9-4)21-10-5)22-15(18-7-2)12-11-13-23(15,16)17/h14H,6-13H2,1-5H3. The minimum absolute atomic E-state index is 0.0654. The van der Waals surface area contributed by atoms with Crippen LogP contribution in [-0.4, -0.2) is 60.2 Å². The Kier molecular flexibility index (Phi) is 8.81. The van der Waals surface area contributed by atoms with Crippen molar-refractivity contribution in [1.82, 2.24) is 0 Å². The van der Waals surface area contributed by atoms with Gasteiger partial charge in [-0.2, -0.15) is 0 Å². The van der Waals surface area contributed by atoms with Gasteiger partial charge in [0.1, 0.15) is 5.73 Å². The van der Waals surface area contributed by atoms with E-state index in [1.165, 1.54) is 0 Å². The van der Waals surface area contributed by atoms with Crippen LogP contribution in [0.5, 0.6) is 0 Å². The molecule has 0 bridgehead atoms. The first kappa shape index (κ1) is 22.0. The third-order valence-electron chi connectivity index (χ3n) is 3.86. The molecule has 0 aromatic rings. The van der Waals surface area contributed by atoms with Crippen molar-refractivity contribution in [1.29, 1.82) is 0 Å². The van der Waals surface area contributed by atoms with Gasteiger partial charge in [0, 0.05) is 32.8 Å². The number of rotatable bonds is 12.